The Hall–Kier alpha value is -1.11. The van der Waals surface area contributed by atoms with Crippen LogP contribution in [0.15, 0.2) is 29.2 Å². The summed E-state index contributed by atoms with van der Waals surface area (Å²) >= 11 is 0. The maximum absolute atomic E-state index is 12.2. The molecule has 2 unspecified atom stereocenters. The van der Waals surface area contributed by atoms with Crippen LogP contribution in [-0.4, -0.2) is 33.6 Å². The molecule has 0 bridgehead atoms. The number of ether oxygens (including phenoxy) is 1. The van der Waals surface area contributed by atoms with Crippen LogP contribution in [0.4, 0.5) is 0 Å². The van der Waals surface area contributed by atoms with Crippen LogP contribution in [0.1, 0.15) is 30.6 Å². The molecule has 0 saturated heterocycles. The zero-order valence-corrected chi connectivity index (χ0v) is 13.7. The van der Waals surface area contributed by atoms with Gasteiger partial charge in [0.05, 0.1) is 11.0 Å². The average molecular weight is 332 g/mol. The van der Waals surface area contributed by atoms with Gasteiger partial charge in [-0.05, 0) is 24.6 Å². The number of rotatable bonds is 4. The first-order valence-corrected chi connectivity index (χ1v) is 8.85. The Morgan fingerprint density at radius 2 is 2.10 bits per heavy atom. The predicted molar refractivity (Wildman–Crippen MR) is 79.9 cm³/mol. The highest BCUT2D eigenvalue weighted by molar-refractivity contribution is 8.13. The number of carbonyl (C=O) groups is 1. The van der Waals surface area contributed by atoms with Gasteiger partial charge in [0.2, 0.25) is 0 Å². The first-order chi connectivity index (χ1) is 9.66. The average Bonchev–Trinajstić information content (AvgIpc) is 2.42. The van der Waals surface area contributed by atoms with E-state index in [2.05, 4.69) is 5.32 Å². The van der Waals surface area contributed by atoms with Gasteiger partial charge in [-0.2, -0.15) is 0 Å². The number of nitrogens with one attached hydrogen (secondary N) is 1. The lowest BCUT2D eigenvalue weighted by molar-refractivity contribution is -0.0942. The van der Waals surface area contributed by atoms with E-state index in [4.69, 9.17) is 15.4 Å². The minimum absolute atomic E-state index is 0.00813. The lowest BCUT2D eigenvalue weighted by Gasteiger charge is -2.51. The summed E-state index contributed by atoms with van der Waals surface area (Å²) < 4.78 is 27.9. The van der Waals surface area contributed by atoms with E-state index in [0.29, 0.717) is 0 Å². The van der Waals surface area contributed by atoms with Crippen molar-refractivity contribution >= 4 is 25.6 Å². The molecule has 7 heteroatoms. The second-order valence-corrected chi connectivity index (χ2v) is 8.34. The molecule has 0 heterocycles. The van der Waals surface area contributed by atoms with Crippen molar-refractivity contribution in [2.45, 2.75) is 37.3 Å². The zero-order valence-electron chi connectivity index (χ0n) is 12.1. The monoisotopic (exact) mass is 331 g/mol. The van der Waals surface area contributed by atoms with Crippen LogP contribution in [0.3, 0.4) is 0 Å². The Bertz CT molecular complexity index is 657. The van der Waals surface area contributed by atoms with Gasteiger partial charge in [0.1, 0.15) is 0 Å². The van der Waals surface area contributed by atoms with E-state index in [1.54, 1.807) is 13.2 Å². The van der Waals surface area contributed by atoms with E-state index < -0.39 is 9.05 Å². The summed E-state index contributed by atoms with van der Waals surface area (Å²) in [6.45, 7) is 4.05. The number of benzene rings is 1. The standard InChI is InChI=1S/C14H18ClNO4S/c1-14(2)11(8-12(14)20-3)16-13(17)9-5-4-6-10(7-9)21(15,18)19/h4-7,11-12H,8H2,1-3H3,(H,16,17). The molecule has 1 N–H and O–H groups in total. The van der Waals surface area contributed by atoms with Crippen LogP contribution in [0, 0.1) is 5.41 Å². The van der Waals surface area contributed by atoms with E-state index in [9.17, 15) is 13.2 Å². The molecule has 0 spiro atoms. The third kappa shape index (κ3) is 3.22. The molecule has 1 aromatic rings. The highest BCUT2D eigenvalue weighted by Crippen LogP contribution is 2.42. The molecule has 21 heavy (non-hydrogen) atoms. The molecule has 0 radical (unpaired) electrons. The minimum atomic E-state index is -3.84. The van der Waals surface area contributed by atoms with Gasteiger partial charge in [0, 0.05) is 34.8 Å². The van der Waals surface area contributed by atoms with Crippen molar-refractivity contribution in [3.8, 4) is 0 Å². The SMILES string of the molecule is COC1CC(NC(=O)c2cccc(S(=O)(=O)Cl)c2)C1(C)C. The molecule has 1 saturated carbocycles. The quantitative estimate of drug-likeness (QED) is 0.858. The molecule has 0 aromatic heterocycles. The van der Waals surface area contributed by atoms with Crippen molar-refractivity contribution in [2.24, 2.45) is 5.41 Å². The first-order valence-electron chi connectivity index (χ1n) is 6.54. The van der Waals surface area contributed by atoms with Gasteiger partial charge in [0.25, 0.3) is 15.0 Å². The predicted octanol–water partition coefficient (Wildman–Crippen LogP) is 2.16. The Kier molecular flexibility index (Phi) is 4.33. The molecule has 5 nitrogen and oxygen atoms in total. The lowest BCUT2D eigenvalue weighted by Crippen LogP contribution is -2.61. The normalized spacial score (nSPS) is 24.2. The third-order valence-electron chi connectivity index (χ3n) is 4.15. The zero-order chi connectivity index (χ0) is 15.8. The van der Waals surface area contributed by atoms with E-state index >= 15 is 0 Å². The van der Waals surface area contributed by atoms with Gasteiger partial charge in [0.15, 0.2) is 0 Å². The molecule has 0 aliphatic heterocycles. The Labute approximate surface area is 129 Å². The molecule has 1 aliphatic carbocycles. The minimum Gasteiger partial charge on any atom is -0.381 e. The summed E-state index contributed by atoms with van der Waals surface area (Å²) in [7, 11) is 3.10. The fraction of sp³-hybridized carbons (Fsp3) is 0.500. The van der Waals surface area contributed by atoms with Crippen molar-refractivity contribution < 1.29 is 17.9 Å². The second kappa shape index (κ2) is 5.59. The lowest BCUT2D eigenvalue weighted by atomic mass is 9.64. The van der Waals surface area contributed by atoms with Gasteiger partial charge in [-0.25, -0.2) is 8.42 Å². The van der Waals surface area contributed by atoms with Crippen LogP contribution >= 0.6 is 10.7 Å². The van der Waals surface area contributed by atoms with Crippen molar-refractivity contribution in [3.05, 3.63) is 29.8 Å². The molecule has 1 aliphatic rings. The number of methoxy groups -OCH3 is 1. The topological polar surface area (TPSA) is 72.5 Å². The third-order valence-corrected chi connectivity index (χ3v) is 5.50. The number of hydrogen-bond donors (Lipinski definition) is 1. The summed E-state index contributed by atoms with van der Waals surface area (Å²) in [5.41, 5.74) is 0.119. The van der Waals surface area contributed by atoms with Gasteiger partial charge < -0.3 is 10.1 Å². The Morgan fingerprint density at radius 1 is 1.43 bits per heavy atom. The second-order valence-electron chi connectivity index (χ2n) is 5.77. The Balaban J connectivity index is 2.12. The van der Waals surface area contributed by atoms with Crippen molar-refractivity contribution in [1.82, 2.24) is 5.32 Å². The molecule has 1 fully saturated rings. The van der Waals surface area contributed by atoms with Crippen molar-refractivity contribution in [1.29, 1.82) is 0 Å². The van der Waals surface area contributed by atoms with E-state index in [-0.39, 0.29) is 33.9 Å². The summed E-state index contributed by atoms with van der Waals surface area (Å²) in [4.78, 5) is 12.1. The fourth-order valence-corrected chi connectivity index (χ4v) is 3.36. The fourth-order valence-electron chi connectivity index (χ4n) is 2.56. The summed E-state index contributed by atoms with van der Waals surface area (Å²) in [6, 6.07) is 5.67. The highest BCUT2D eigenvalue weighted by atomic mass is 35.7. The molecular weight excluding hydrogens is 314 g/mol. The molecule has 116 valence electrons. The maximum Gasteiger partial charge on any atom is 0.261 e. The van der Waals surface area contributed by atoms with E-state index in [1.807, 2.05) is 13.8 Å². The van der Waals surface area contributed by atoms with Gasteiger partial charge in [-0.1, -0.05) is 19.9 Å². The van der Waals surface area contributed by atoms with Crippen LogP contribution in [-0.2, 0) is 13.8 Å². The van der Waals surface area contributed by atoms with Crippen LogP contribution in [0.25, 0.3) is 0 Å². The molecule has 1 amide bonds. The summed E-state index contributed by atoms with van der Waals surface area (Å²) in [6.07, 6.45) is 0.847. The number of halogens is 1. The van der Waals surface area contributed by atoms with Crippen LogP contribution < -0.4 is 5.32 Å². The molecular formula is C14H18ClNO4S. The highest BCUT2D eigenvalue weighted by Gasteiger charge is 2.49. The molecule has 1 aromatic carbocycles. The summed E-state index contributed by atoms with van der Waals surface area (Å²) in [5, 5.41) is 2.91. The first kappa shape index (κ1) is 16.3. The maximum atomic E-state index is 12.2. The Morgan fingerprint density at radius 3 is 2.62 bits per heavy atom. The number of hydrogen-bond acceptors (Lipinski definition) is 4. The van der Waals surface area contributed by atoms with Gasteiger partial charge >= 0.3 is 0 Å². The van der Waals surface area contributed by atoms with Crippen LogP contribution in [0.2, 0.25) is 0 Å². The van der Waals surface area contributed by atoms with Gasteiger partial charge in [-0.3, -0.25) is 4.79 Å². The largest absolute Gasteiger partial charge is 0.381 e. The van der Waals surface area contributed by atoms with Crippen molar-refractivity contribution in [3.63, 3.8) is 0 Å². The van der Waals surface area contributed by atoms with Crippen LogP contribution in [0.5, 0.6) is 0 Å². The number of carbonyl (C=O) groups excluding carboxylic acids is 1. The van der Waals surface area contributed by atoms with Crippen molar-refractivity contribution in [2.75, 3.05) is 7.11 Å². The smallest absolute Gasteiger partial charge is 0.261 e. The van der Waals surface area contributed by atoms with Gasteiger partial charge in [-0.15, -0.1) is 0 Å². The summed E-state index contributed by atoms with van der Waals surface area (Å²) in [5.74, 6) is -0.315. The molecule has 2 atom stereocenters. The van der Waals surface area contributed by atoms with E-state index in [0.717, 1.165) is 6.42 Å². The molecule has 2 rings (SSSR count). The number of amides is 1. The van der Waals surface area contributed by atoms with E-state index in [1.165, 1.54) is 18.2 Å².